The fourth-order valence-corrected chi connectivity index (χ4v) is 6.28. The predicted octanol–water partition coefficient (Wildman–Crippen LogP) is 3.42. The van der Waals surface area contributed by atoms with Crippen LogP contribution in [0.15, 0.2) is 29.8 Å². The van der Waals surface area contributed by atoms with Gasteiger partial charge in [-0.2, -0.15) is 0 Å². The summed E-state index contributed by atoms with van der Waals surface area (Å²) in [5.74, 6) is 0.182. The molecule has 30 heavy (non-hydrogen) atoms. The number of aromatic nitrogens is 2. The van der Waals surface area contributed by atoms with Gasteiger partial charge in [0.25, 0.3) is 5.91 Å². The number of anilines is 2. The number of ether oxygens (including phenoxy) is 1. The third kappa shape index (κ3) is 4.59. The number of thiophene rings is 1. The number of rotatable bonds is 5. The molecule has 1 amide bonds. The first-order chi connectivity index (χ1) is 14.3. The zero-order chi connectivity index (χ0) is 21.3. The number of hydrogen-bond acceptors (Lipinski definition) is 9. The van der Waals surface area contributed by atoms with Crippen LogP contribution in [0.1, 0.15) is 10.4 Å². The van der Waals surface area contributed by atoms with Crippen LogP contribution in [-0.2, 0) is 9.84 Å². The van der Waals surface area contributed by atoms with E-state index in [0.29, 0.717) is 40.4 Å². The summed E-state index contributed by atoms with van der Waals surface area (Å²) in [6, 6.07) is 4.94. The zero-order valence-electron chi connectivity index (χ0n) is 15.8. The standard InChI is InChI=1S/C18H17ClN4O4S3/c1-27-14-8-11(2-3-20-14)16(24)22-18-21-15(13-9-12(19)10-28-13)17(29-18)23-4-6-30(25,26)7-5-23/h2-3,8-10H,4-7H2,1H3,(H,21,22,24). The Morgan fingerprint density at radius 1 is 1.30 bits per heavy atom. The number of sulfone groups is 1. The van der Waals surface area contributed by atoms with Gasteiger partial charge in [-0.05, 0) is 12.1 Å². The van der Waals surface area contributed by atoms with Crippen molar-refractivity contribution in [1.82, 2.24) is 9.97 Å². The molecule has 0 saturated carbocycles. The third-order valence-electron chi connectivity index (χ3n) is 4.47. The van der Waals surface area contributed by atoms with Crippen LogP contribution in [0, 0.1) is 0 Å². The number of nitrogens with one attached hydrogen (secondary N) is 1. The summed E-state index contributed by atoms with van der Waals surface area (Å²) in [5.41, 5.74) is 1.07. The Balaban J connectivity index is 1.64. The molecule has 8 nitrogen and oxygen atoms in total. The van der Waals surface area contributed by atoms with Gasteiger partial charge in [-0.1, -0.05) is 22.9 Å². The summed E-state index contributed by atoms with van der Waals surface area (Å²) >= 11 is 8.84. The zero-order valence-corrected chi connectivity index (χ0v) is 19.0. The third-order valence-corrected chi connectivity index (χ3v) is 8.39. The van der Waals surface area contributed by atoms with Crippen LogP contribution < -0.4 is 15.0 Å². The number of halogens is 1. The molecule has 0 aromatic carbocycles. The number of methoxy groups -OCH3 is 1. The van der Waals surface area contributed by atoms with Crippen LogP contribution in [0.4, 0.5) is 10.1 Å². The number of carbonyl (C=O) groups excluding carboxylic acids is 1. The minimum Gasteiger partial charge on any atom is -0.481 e. The highest BCUT2D eigenvalue weighted by Crippen LogP contribution is 2.42. The molecule has 4 rings (SSSR count). The molecular formula is C18H17ClN4O4S3. The molecule has 1 aliphatic heterocycles. The number of amides is 1. The second kappa shape index (κ2) is 8.50. The Hall–Kier alpha value is -2.21. The molecule has 3 aromatic heterocycles. The lowest BCUT2D eigenvalue weighted by atomic mass is 10.2. The first-order valence-corrected chi connectivity index (χ1v) is 12.8. The number of hydrogen-bond donors (Lipinski definition) is 1. The van der Waals surface area contributed by atoms with E-state index in [1.54, 1.807) is 12.1 Å². The van der Waals surface area contributed by atoms with Gasteiger partial charge in [-0.25, -0.2) is 18.4 Å². The van der Waals surface area contributed by atoms with Crippen molar-refractivity contribution in [1.29, 1.82) is 0 Å². The van der Waals surface area contributed by atoms with Crippen LogP contribution >= 0.6 is 34.3 Å². The minimum atomic E-state index is -3.02. The van der Waals surface area contributed by atoms with Crippen molar-refractivity contribution in [3.8, 4) is 16.5 Å². The maximum atomic E-state index is 12.7. The lowest BCUT2D eigenvalue weighted by molar-refractivity contribution is 0.102. The quantitative estimate of drug-likeness (QED) is 0.592. The first-order valence-electron chi connectivity index (χ1n) is 8.86. The van der Waals surface area contributed by atoms with Gasteiger partial charge in [0.15, 0.2) is 15.0 Å². The highest BCUT2D eigenvalue weighted by Gasteiger charge is 2.27. The first kappa shape index (κ1) is 21.0. The Labute approximate surface area is 186 Å². The molecule has 0 radical (unpaired) electrons. The number of thiazole rings is 1. The molecule has 1 saturated heterocycles. The van der Waals surface area contributed by atoms with Crippen LogP contribution in [0.2, 0.25) is 5.02 Å². The van der Waals surface area contributed by atoms with Crippen LogP contribution in [0.3, 0.4) is 0 Å². The predicted molar refractivity (Wildman–Crippen MR) is 120 cm³/mol. The van der Waals surface area contributed by atoms with Gasteiger partial charge in [0.2, 0.25) is 5.88 Å². The molecule has 0 aliphatic carbocycles. The summed E-state index contributed by atoms with van der Waals surface area (Å²) in [6.45, 7) is 0.761. The highest BCUT2D eigenvalue weighted by atomic mass is 35.5. The van der Waals surface area contributed by atoms with Gasteiger partial charge in [-0.3, -0.25) is 10.1 Å². The molecule has 0 unspecified atom stereocenters. The lowest BCUT2D eigenvalue weighted by Crippen LogP contribution is -2.40. The van der Waals surface area contributed by atoms with Crippen molar-refractivity contribution < 1.29 is 17.9 Å². The van der Waals surface area contributed by atoms with E-state index in [-0.39, 0.29) is 17.4 Å². The summed E-state index contributed by atoms with van der Waals surface area (Å²) in [6.07, 6.45) is 1.49. The van der Waals surface area contributed by atoms with E-state index >= 15 is 0 Å². The largest absolute Gasteiger partial charge is 0.481 e. The number of nitrogens with zero attached hydrogens (tertiary/aromatic N) is 3. The fraction of sp³-hybridized carbons (Fsp3) is 0.278. The number of pyridine rings is 1. The molecule has 12 heteroatoms. The average Bonchev–Trinajstić information content (AvgIpc) is 3.34. The van der Waals surface area contributed by atoms with E-state index in [0.717, 1.165) is 9.88 Å². The van der Waals surface area contributed by atoms with Gasteiger partial charge in [0.05, 0.1) is 28.5 Å². The average molecular weight is 485 g/mol. The molecular weight excluding hydrogens is 468 g/mol. The van der Waals surface area contributed by atoms with Crippen LogP contribution in [0.5, 0.6) is 5.88 Å². The summed E-state index contributed by atoms with van der Waals surface area (Å²) < 4.78 is 28.7. The normalized spacial score (nSPS) is 15.7. The molecule has 0 atom stereocenters. The smallest absolute Gasteiger partial charge is 0.257 e. The van der Waals surface area contributed by atoms with E-state index < -0.39 is 9.84 Å². The van der Waals surface area contributed by atoms with Crippen molar-refractivity contribution in [3.63, 3.8) is 0 Å². The van der Waals surface area contributed by atoms with Gasteiger partial charge in [0.1, 0.15) is 10.7 Å². The molecule has 3 aromatic rings. The van der Waals surface area contributed by atoms with Crippen molar-refractivity contribution in [2.45, 2.75) is 0 Å². The number of carbonyl (C=O) groups is 1. The molecule has 1 aliphatic rings. The Morgan fingerprint density at radius 3 is 2.73 bits per heavy atom. The van der Waals surface area contributed by atoms with Gasteiger partial charge < -0.3 is 9.64 Å². The van der Waals surface area contributed by atoms with Crippen molar-refractivity contribution in [2.24, 2.45) is 0 Å². The van der Waals surface area contributed by atoms with E-state index in [1.807, 2.05) is 16.3 Å². The molecule has 1 fully saturated rings. The summed E-state index contributed by atoms with van der Waals surface area (Å²) in [4.78, 5) is 24.1. The SMILES string of the molecule is COc1cc(C(=O)Nc2nc(-c3cc(Cl)cs3)c(N3CCS(=O)(=O)CC3)s2)ccn1. The molecule has 4 heterocycles. The molecule has 158 valence electrons. The van der Waals surface area contributed by atoms with Crippen LogP contribution in [-0.4, -0.2) is 56.0 Å². The van der Waals surface area contributed by atoms with Crippen LogP contribution in [0.25, 0.3) is 10.6 Å². The van der Waals surface area contributed by atoms with Crippen molar-refractivity contribution in [3.05, 3.63) is 40.4 Å². The molecule has 1 N–H and O–H groups in total. The second-order valence-electron chi connectivity index (χ2n) is 6.48. The Bertz CT molecular complexity index is 1180. The lowest BCUT2D eigenvalue weighted by Gasteiger charge is -2.27. The minimum absolute atomic E-state index is 0.0913. The fourth-order valence-electron chi connectivity index (χ4n) is 2.92. The van der Waals surface area contributed by atoms with Crippen molar-refractivity contribution in [2.75, 3.05) is 41.9 Å². The molecule has 0 bridgehead atoms. The van der Waals surface area contributed by atoms with E-state index in [1.165, 1.54) is 36.0 Å². The van der Waals surface area contributed by atoms with Gasteiger partial charge in [0, 0.05) is 36.3 Å². The monoisotopic (exact) mass is 484 g/mol. The second-order valence-corrected chi connectivity index (χ2v) is 11.1. The summed E-state index contributed by atoms with van der Waals surface area (Å²) in [7, 11) is -1.53. The topological polar surface area (TPSA) is 101 Å². The maximum absolute atomic E-state index is 12.7. The van der Waals surface area contributed by atoms with Gasteiger partial charge in [-0.15, -0.1) is 11.3 Å². The molecule has 0 spiro atoms. The maximum Gasteiger partial charge on any atom is 0.257 e. The van der Waals surface area contributed by atoms with Gasteiger partial charge >= 0.3 is 0 Å². The van der Waals surface area contributed by atoms with E-state index in [2.05, 4.69) is 15.3 Å². The Morgan fingerprint density at radius 2 is 2.07 bits per heavy atom. The van der Waals surface area contributed by atoms with E-state index in [9.17, 15) is 13.2 Å². The summed E-state index contributed by atoms with van der Waals surface area (Å²) in [5, 5.41) is 6.45. The highest BCUT2D eigenvalue weighted by molar-refractivity contribution is 7.91. The Kier molecular flexibility index (Phi) is 5.96. The van der Waals surface area contributed by atoms with Crippen molar-refractivity contribution >= 4 is 60.2 Å². The van der Waals surface area contributed by atoms with E-state index in [4.69, 9.17) is 16.3 Å².